The molecule has 2 aromatic rings. The summed E-state index contributed by atoms with van der Waals surface area (Å²) in [5, 5.41) is 2.58. The van der Waals surface area contributed by atoms with Crippen molar-refractivity contribution in [2.75, 3.05) is 37.0 Å². The van der Waals surface area contributed by atoms with Crippen LogP contribution in [0.15, 0.2) is 54.6 Å². The SMILES string of the molecule is CNC(=O)C1CN(C(=O)CN(C)c2ccccc2)c2ccccc2O1. The Bertz CT molecular complexity index is 764. The van der Waals surface area contributed by atoms with E-state index in [1.165, 1.54) is 0 Å². The van der Waals surface area contributed by atoms with E-state index in [0.717, 1.165) is 5.69 Å². The fourth-order valence-electron chi connectivity index (χ4n) is 2.83. The second kappa shape index (κ2) is 7.25. The van der Waals surface area contributed by atoms with Crippen molar-refractivity contribution in [2.24, 2.45) is 0 Å². The summed E-state index contributed by atoms with van der Waals surface area (Å²) in [4.78, 5) is 28.4. The highest BCUT2D eigenvalue weighted by molar-refractivity contribution is 5.99. The summed E-state index contributed by atoms with van der Waals surface area (Å²) in [7, 11) is 3.43. The zero-order chi connectivity index (χ0) is 17.8. The Kier molecular flexibility index (Phi) is 4.88. The molecule has 0 radical (unpaired) electrons. The molecular formula is C19H21N3O3. The van der Waals surface area contributed by atoms with Gasteiger partial charge in [-0.25, -0.2) is 0 Å². The van der Waals surface area contributed by atoms with Gasteiger partial charge in [0, 0.05) is 19.8 Å². The lowest BCUT2D eigenvalue weighted by molar-refractivity contribution is -0.127. The van der Waals surface area contributed by atoms with Crippen LogP contribution in [0.25, 0.3) is 0 Å². The van der Waals surface area contributed by atoms with Gasteiger partial charge in [-0.1, -0.05) is 30.3 Å². The molecule has 0 aromatic heterocycles. The van der Waals surface area contributed by atoms with Crippen molar-refractivity contribution >= 4 is 23.2 Å². The molecule has 1 aliphatic heterocycles. The largest absolute Gasteiger partial charge is 0.477 e. The summed E-state index contributed by atoms with van der Waals surface area (Å²) in [6.45, 7) is 0.400. The predicted octanol–water partition coefficient (Wildman–Crippen LogP) is 1.66. The minimum absolute atomic E-state index is 0.0870. The van der Waals surface area contributed by atoms with Crippen LogP contribution in [0, 0.1) is 0 Å². The van der Waals surface area contributed by atoms with Gasteiger partial charge in [-0.3, -0.25) is 9.59 Å². The molecule has 6 heteroatoms. The summed E-state index contributed by atoms with van der Waals surface area (Å²) in [5.74, 6) is 0.206. The highest BCUT2D eigenvalue weighted by Crippen LogP contribution is 2.33. The first kappa shape index (κ1) is 16.8. The number of para-hydroxylation sites is 3. The first-order valence-corrected chi connectivity index (χ1v) is 8.14. The van der Waals surface area contributed by atoms with E-state index in [1.807, 2.05) is 60.5 Å². The van der Waals surface area contributed by atoms with Crippen molar-refractivity contribution in [3.8, 4) is 5.75 Å². The van der Waals surface area contributed by atoms with Crippen LogP contribution in [0.3, 0.4) is 0 Å². The second-order valence-corrected chi connectivity index (χ2v) is 5.88. The number of nitrogens with zero attached hydrogens (tertiary/aromatic N) is 2. The highest BCUT2D eigenvalue weighted by Gasteiger charge is 2.33. The minimum Gasteiger partial charge on any atom is -0.477 e. The van der Waals surface area contributed by atoms with E-state index >= 15 is 0 Å². The summed E-state index contributed by atoms with van der Waals surface area (Å²) in [5.41, 5.74) is 1.65. The lowest BCUT2D eigenvalue weighted by Crippen LogP contribution is -2.52. The summed E-state index contributed by atoms with van der Waals surface area (Å²) in [6, 6.07) is 17.0. The number of hydrogen-bond donors (Lipinski definition) is 1. The van der Waals surface area contributed by atoms with Crippen LogP contribution in [0.5, 0.6) is 5.75 Å². The fraction of sp³-hybridized carbons (Fsp3) is 0.263. The molecule has 1 atom stereocenters. The van der Waals surface area contributed by atoms with Crippen LogP contribution in [-0.2, 0) is 9.59 Å². The van der Waals surface area contributed by atoms with Crippen molar-refractivity contribution in [3.63, 3.8) is 0 Å². The van der Waals surface area contributed by atoms with Crippen molar-refractivity contribution in [3.05, 3.63) is 54.6 Å². The Morgan fingerprint density at radius 1 is 1.16 bits per heavy atom. The van der Waals surface area contributed by atoms with Gasteiger partial charge in [-0.2, -0.15) is 0 Å². The summed E-state index contributed by atoms with van der Waals surface area (Å²) >= 11 is 0. The Morgan fingerprint density at radius 3 is 2.56 bits per heavy atom. The third-order valence-corrected chi connectivity index (χ3v) is 4.18. The standard InChI is InChI=1S/C19H21N3O3/c1-20-19(24)17-12-22(15-10-6-7-11-16(15)25-17)18(23)13-21(2)14-8-4-3-5-9-14/h3-11,17H,12-13H2,1-2H3,(H,20,24). The molecule has 1 heterocycles. The number of likely N-dealkylation sites (N-methyl/N-ethyl adjacent to an activating group) is 2. The quantitative estimate of drug-likeness (QED) is 0.920. The molecule has 1 N–H and O–H groups in total. The van der Waals surface area contributed by atoms with Crippen molar-refractivity contribution in [1.29, 1.82) is 0 Å². The van der Waals surface area contributed by atoms with Gasteiger partial charge in [-0.15, -0.1) is 0 Å². The summed E-state index contributed by atoms with van der Waals surface area (Å²) < 4.78 is 5.74. The Morgan fingerprint density at radius 2 is 1.84 bits per heavy atom. The van der Waals surface area contributed by atoms with Crippen LogP contribution in [0.2, 0.25) is 0 Å². The Labute approximate surface area is 147 Å². The smallest absolute Gasteiger partial charge is 0.262 e. The van der Waals surface area contributed by atoms with E-state index in [-0.39, 0.29) is 24.9 Å². The van der Waals surface area contributed by atoms with Gasteiger partial charge >= 0.3 is 0 Å². The number of anilines is 2. The van der Waals surface area contributed by atoms with Crippen molar-refractivity contribution < 1.29 is 14.3 Å². The van der Waals surface area contributed by atoms with Crippen LogP contribution in [0.1, 0.15) is 0 Å². The second-order valence-electron chi connectivity index (χ2n) is 5.88. The van der Waals surface area contributed by atoms with E-state index in [0.29, 0.717) is 11.4 Å². The van der Waals surface area contributed by atoms with Crippen LogP contribution < -0.4 is 19.9 Å². The maximum absolute atomic E-state index is 12.9. The summed E-state index contributed by atoms with van der Waals surface area (Å²) in [6.07, 6.45) is -0.717. The van der Waals surface area contributed by atoms with Gasteiger partial charge in [0.1, 0.15) is 5.75 Å². The predicted molar refractivity (Wildman–Crippen MR) is 97.0 cm³/mol. The minimum atomic E-state index is -0.717. The normalized spacial score (nSPS) is 15.8. The molecule has 2 amide bonds. The molecule has 0 saturated carbocycles. The average molecular weight is 339 g/mol. The van der Waals surface area contributed by atoms with E-state index in [1.54, 1.807) is 18.0 Å². The zero-order valence-electron chi connectivity index (χ0n) is 14.3. The third kappa shape index (κ3) is 3.57. The molecule has 1 aliphatic rings. The number of carbonyl (C=O) groups is 2. The van der Waals surface area contributed by atoms with Crippen LogP contribution in [-0.4, -0.2) is 45.1 Å². The Balaban J connectivity index is 1.81. The fourth-order valence-corrected chi connectivity index (χ4v) is 2.83. The number of nitrogens with one attached hydrogen (secondary N) is 1. The molecule has 0 spiro atoms. The molecule has 2 aromatic carbocycles. The number of hydrogen-bond acceptors (Lipinski definition) is 4. The first-order valence-electron chi connectivity index (χ1n) is 8.14. The number of ether oxygens (including phenoxy) is 1. The van der Waals surface area contributed by atoms with Gasteiger partial charge in [0.25, 0.3) is 5.91 Å². The molecule has 25 heavy (non-hydrogen) atoms. The van der Waals surface area contributed by atoms with Gasteiger partial charge < -0.3 is 19.9 Å². The monoisotopic (exact) mass is 339 g/mol. The molecular weight excluding hydrogens is 318 g/mol. The molecule has 0 aliphatic carbocycles. The number of rotatable bonds is 4. The maximum Gasteiger partial charge on any atom is 0.262 e. The number of fused-ring (bicyclic) bond motifs is 1. The van der Waals surface area contributed by atoms with Gasteiger partial charge in [0.2, 0.25) is 5.91 Å². The molecule has 0 saturated heterocycles. The molecule has 0 bridgehead atoms. The first-order chi connectivity index (χ1) is 12.1. The maximum atomic E-state index is 12.9. The molecule has 6 nitrogen and oxygen atoms in total. The van der Waals surface area contributed by atoms with Gasteiger partial charge in [0.15, 0.2) is 6.10 Å². The molecule has 1 unspecified atom stereocenters. The lowest BCUT2D eigenvalue weighted by Gasteiger charge is -2.35. The lowest BCUT2D eigenvalue weighted by atomic mass is 10.1. The van der Waals surface area contributed by atoms with E-state index < -0.39 is 6.10 Å². The number of benzene rings is 2. The van der Waals surface area contributed by atoms with E-state index in [9.17, 15) is 9.59 Å². The molecule has 3 rings (SSSR count). The van der Waals surface area contributed by atoms with Crippen LogP contribution in [0.4, 0.5) is 11.4 Å². The van der Waals surface area contributed by atoms with Gasteiger partial charge in [0.05, 0.1) is 18.8 Å². The third-order valence-electron chi connectivity index (χ3n) is 4.18. The molecule has 0 fully saturated rings. The van der Waals surface area contributed by atoms with E-state index in [2.05, 4.69) is 5.32 Å². The average Bonchev–Trinajstić information content (AvgIpc) is 2.67. The molecule has 130 valence electrons. The van der Waals surface area contributed by atoms with Crippen LogP contribution >= 0.6 is 0 Å². The Hall–Kier alpha value is -3.02. The van der Waals surface area contributed by atoms with Crippen molar-refractivity contribution in [1.82, 2.24) is 5.32 Å². The van der Waals surface area contributed by atoms with E-state index in [4.69, 9.17) is 4.74 Å². The topological polar surface area (TPSA) is 61.9 Å². The highest BCUT2D eigenvalue weighted by atomic mass is 16.5. The van der Waals surface area contributed by atoms with Crippen molar-refractivity contribution in [2.45, 2.75) is 6.10 Å². The zero-order valence-corrected chi connectivity index (χ0v) is 14.3. The van der Waals surface area contributed by atoms with Gasteiger partial charge in [-0.05, 0) is 24.3 Å². The number of amides is 2. The number of carbonyl (C=O) groups excluding carboxylic acids is 2.